The lowest BCUT2D eigenvalue weighted by atomic mass is 9.99. The van der Waals surface area contributed by atoms with E-state index < -0.39 is 17.5 Å². The first kappa shape index (κ1) is 26.9. The molecule has 6 N–H and O–H groups in total. The number of nitrogen functional groups attached to an aromatic ring is 1. The highest BCUT2D eigenvalue weighted by molar-refractivity contribution is 6.00. The Hall–Kier alpha value is -4.64. The zero-order valence-electron chi connectivity index (χ0n) is 22.7. The third-order valence-electron chi connectivity index (χ3n) is 6.86. The van der Waals surface area contributed by atoms with E-state index in [0.29, 0.717) is 49.0 Å². The molecule has 2 heterocycles. The van der Waals surface area contributed by atoms with E-state index in [4.69, 9.17) is 15.9 Å². The number of halogens is 1. The number of rotatable bonds is 10. The van der Waals surface area contributed by atoms with E-state index in [1.165, 1.54) is 4.68 Å². The van der Waals surface area contributed by atoms with E-state index in [1.807, 2.05) is 44.1 Å². The van der Waals surface area contributed by atoms with E-state index in [-0.39, 0.29) is 17.1 Å². The van der Waals surface area contributed by atoms with Gasteiger partial charge in [0.2, 0.25) is 0 Å². The number of aryl methyl sites for hydroxylation is 1. The lowest BCUT2D eigenvalue weighted by Gasteiger charge is -2.22. The molecule has 1 aromatic heterocycles. The molecule has 0 saturated heterocycles. The summed E-state index contributed by atoms with van der Waals surface area (Å²) >= 11 is 0. The van der Waals surface area contributed by atoms with Crippen molar-refractivity contribution >= 4 is 17.2 Å². The molecule has 1 aliphatic rings. The number of aromatic amines is 1. The van der Waals surface area contributed by atoms with Gasteiger partial charge in [-0.1, -0.05) is 25.1 Å². The summed E-state index contributed by atoms with van der Waals surface area (Å²) < 4.78 is 23.2. The largest absolute Gasteiger partial charge is 0.489 e. The molecule has 1 aliphatic heterocycles. The van der Waals surface area contributed by atoms with Crippen LogP contribution in [0, 0.1) is 11.2 Å². The number of aromatic nitrogens is 3. The summed E-state index contributed by atoms with van der Waals surface area (Å²) in [5.41, 5.74) is 10.0. The number of amidine groups is 1. The summed E-state index contributed by atoms with van der Waals surface area (Å²) in [7, 11) is 3.85. The van der Waals surface area contributed by atoms with Gasteiger partial charge in [-0.3, -0.25) is 10.4 Å². The number of ether oxygens (including phenoxy) is 1. The number of H-pyrrole nitrogens is 1. The van der Waals surface area contributed by atoms with Gasteiger partial charge in [0.05, 0.1) is 11.4 Å². The summed E-state index contributed by atoms with van der Waals surface area (Å²) in [6, 6.07) is 15.1. The molecule has 40 heavy (non-hydrogen) atoms. The number of nitrogens with one attached hydrogen (secondary N) is 4. The number of hydrogen-bond acceptors (Lipinski definition) is 7. The molecule has 1 atom stereocenters. The fraction of sp³-hybridized carbons (Fsp3) is 0.276. The predicted octanol–water partition coefficient (Wildman–Crippen LogP) is 3.41. The molecule has 3 aromatic carbocycles. The second-order valence-electron chi connectivity index (χ2n) is 9.97. The Bertz CT molecular complexity index is 1610. The molecule has 10 nitrogen and oxygen atoms in total. The monoisotopic (exact) mass is 544 g/mol. The fourth-order valence-corrected chi connectivity index (χ4v) is 4.66. The van der Waals surface area contributed by atoms with Crippen molar-refractivity contribution in [2.24, 2.45) is 0 Å². The van der Waals surface area contributed by atoms with Gasteiger partial charge in [-0.2, -0.15) is 4.68 Å². The molecule has 5 rings (SSSR count). The Morgan fingerprint density at radius 3 is 2.77 bits per heavy atom. The van der Waals surface area contributed by atoms with E-state index in [0.717, 1.165) is 16.7 Å². The van der Waals surface area contributed by atoms with Crippen molar-refractivity contribution in [2.45, 2.75) is 25.9 Å². The molecule has 208 valence electrons. The van der Waals surface area contributed by atoms with Crippen LogP contribution in [0.5, 0.6) is 5.75 Å². The maximum atomic E-state index is 16.2. The molecule has 0 radical (unpaired) electrons. The highest BCUT2D eigenvalue weighted by Gasteiger charge is 2.27. The van der Waals surface area contributed by atoms with Crippen LogP contribution in [0.25, 0.3) is 5.69 Å². The Morgan fingerprint density at radius 1 is 1.23 bits per heavy atom. The normalized spacial score (nSPS) is 13.3. The van der Waals surface area contributed by atoms with Gasteiger partial charge in [-0.25, -0.2) is 9.18 Å². The molecule has 0 bridgehead atoms. The molecular formula is C29H33FN8O2. The van der Waals surface area contributed by atoms with Crippen molar-refractivity contribution in [3.8, 4) is 11.4 Å². The minimum absolute atomic E-state index is 0.142. The zero-order chi connectivity index (χ0) is 28.4. The summed E-state index contributed by atoms with van der Waals surface area (Å²) in [6.45, 7) is 3.45. The maximum Gasteiger partial charge on any atom is 0.348 e. The topological polar surface area (TPSA) is 137 Å². The van der Waals surface area contributed by atoms with Crippen LogP contribution in [0.15, 0.2) is 59.4 Å². The number of likely N-dealkylation sites (N-methyl/N-ethyl adjacent to an activating group) is 1. The SMILES string of the molecule is CCc1cc(OCCN(C)C)c(F)c(C(Nc2ccc3c(c2)CNC3=N)c2nn(-c3ccccc3N)c(=O)[nH]2)c1. The molecule has 0 aliphatic carbocycles. The van der Waals surface area contributed by atoms with Crippen LogP contribution in [0.4, 0.5) is 15.8 Å². The first-order chi connectivity index (χ1) is 19.2. The second kappa shape index (κ2) is 11.2. The van der Waals surface area contributed by atoms with E-state index >= 15 is 4.39 Å². The predicted molar refractivity (Wildman–Crippen MR) is 154 cm³/mol. The average Bonchev–Trinajstić information content (AvgIpc) is 3.50. The Balaban J connectivity index is 1.61. The lowest BCUT2D eigenvalue weighted by Crippen LogP contribution is -2.21. The quantitative estimate of drug-likeness (QED) is 0.193. The van der Waals surface area contributed by atoms with E-state index in [2.05, 4.69) is 20.7 Å². The fourth-order valence-electron chi connectivity index (χ4n) is 4.66. The van der Waals surface area contributed by atoms with Crippen LogP contribution in [-0.4, -0.2) is 52.7 Å². The smallest absolute Gasteiger partial charge is 0.348 e. The standard InChI is InChI=1S/C29H33FN8O2/c1-4-17-13-21(25(30)24(14-17)40-12-11-37(2)3)26(34-19-9-10-20-18(15-19)16-33-27(20)32)28-35-29(39)38(36-28)23-8-6-5-7-22(23)31/h5-10,13-15,26,34H,4,11-12,16,31H2,1-3H3,(H2,32,33)(H,35,36,39). The third-order valence-corrected chi connectivity index (χ3v) is 6.86. The molecule has 0 saturated carbocycles. The summed E-state index contributed by atoms with van der Waals surface area (Å²) in [4.78, 5) is 17.8. The van der Waals surface area contributed by atoms with Crippen molar-refractivity contribution in [1.82, 2.24) is 25.0 Å². The van der Waals surface area contributed by atoms with Crippen molar-refractivity contribution in [3.05, 3.63) is 99.0 Å². The van der Waals surface area contributed by atoms with Gasteiger partial charge in [0.15, 0.2) is 17.4 Å². The van der Waals surface area contributed by atoms with E-state index in [1.54, 1.807) is 36.4 Å². The molecule has 0 fully saturated rings. The Morgan fingerprint density at radius 2 is 2.02 bits per heavy atom. The van der Waals surface area contributed by atoms with Crippen LogP contribution in [-0.2, 0) is 13.0 Å². The summed E-state index contributed by atoms with van der Waals surface area (Å²) in [5, 5.41) is 19.0. The molecule has 11 heteroatoms. The zero-order valence-corrected chi connectivity index (χ0v) is 22.7. The average molecular weight is 545 g/mol. The van der Waals surface area contributed by atoms with Crippen LogP contribution in [0.2, 0.25) is 0 Å². The van der Waals surface area contributed by atoms with Crippen molar-refractivity contribution in [3.63, 3.8) is 0 Å². The van der Waals surface area contributed by atoms with Crippen LogP contribution < -0.4 is 26.8 Å². The molecule has 1 unspecified atom stereocenters. The lowest BCUT2D eigenvalue weighted by molar-refractivity contribution is 0.251. The van der Waals surface area contributed by atoms with Gasteiger partial charge in [0.25, 0.3) is 0 Å². The number of para-hydroxylation sites is 2. The minimum atomic E-state index is -0.867. The molecule has 0 amide bonds. The van der Waals surface area contributed by atoms with Gasteiger partial charge in [-0.15, -0.1) is 5.10 Å². The first-order valence-corrected chi connectivity index (χ1v) is 13.1. The minimum Gasteiger partial charge on any atom is -0.489 e. The number of anilines is 2. The van der Waals surface area contributed by atoms with Crippen molar-refractivity contribution in [2.75, 3.05) is 38.3 Å². The number of fused-ring (bicyclic) bond motifs is 1. The number of nitrogens with zero attached hydrogens (tertiary/aromatic N) is 3. The van der Waals surface area contributed by atoms with Crippen molar-refractivity contribution in [1.29, 1.82) is 5.41 Å². The highest BCUT2D eigenvalue weighted by atomic mass is 19.1. The summed E-state index contributed by atoms with van der Waals surface area (Å²) in [6.07, 6.45) is 0.655. The second-order valence-corrected chi connectivity index (χ2v) is 9.97. The van der Waals surface area contributed by atoms with Crippen LogP contribution >= 0.6 is 0 Å². The van der Waals surface area contributed by atoms with Crippen LogP contribution in [0.1, 0.15) is 41.0 Å². The number of hydrogen-bond donors (Lipinski definition) is 5. The molecule has 4 aromatic rings. The highest BCUT2D eigenvalue weighted by Crippen LogP contribution is 2.33. The third kappa shape index (κ3) is 5.41. The van der Waals surface area contributed by atoms with E-state index in [9.17, 15) is 4.79 Å². The Kier molecular flexibility index (Phi) is 7.56. The van der Waals surface area contributed by atoms with Crippen LogP contribution in [0.3, 0.4) is 0 Å². The molecular weight excluding hydrogens is 511 g/mol. The Labute approximate surface area is 231 Å². The van der Waals surface area contributed by atoms with Gasteiger partial charge < -0.3 is 26.0 Å². The number of nitrogens with two attached hydrogens (primary N) is 1. The summed E-state index contributed by atoms with van der Waals surface area (Å²) in [5.74, 6) is 0.185. The maximum absolute atomic E-state index is 16.2. The van der Waals surface area contributed by atoms with Gasteiger partial charge in [0, 0.05) is 29.9 Å². The van der Waals surface area contributed by atoms with Crippen molar-refractivity contribution < 1.29 is 9.13 Å². The van der Waals surface area contributed by atoms with Gasteiger partial charge in [0.1, 0.15) is 18.5 Å². The van der Waals surface area contributed by atoms with Gasteiger partial charge in [-0.05, 0) is 68.0 Å². The first-order valence-electron chi connectivity index (χ1n) is 13.1. The molecule has 0 spiro atoms. The van der Waals surface area contributed by atoms with Gasteiger partial charge >= 0.3 is 5.69 Å². The number of benzene rings is 3.